The van der Waals surface area contributed by atoms with Gasteiger partial charge in [0.05, 0.1) is 0 Å². The predicted molar refractivity (Wildman–Crippen MR) is 222 cm³/mol. The fourth-order valence-electron chi connectivity index (χ4n) is 10.3. The summed E-state index contributed by atoms with van der Waals surface area (Å²) in [5.41, 5.74) is 1.76. The van der Waals surface area contributed by atoms with E-state index in [2.05, 4.69) is 91.8 Å². The third-order valence-electron chi connectivity index (χ3n) is 15.1. The van der Waals surface area contributed by atoms with Crippen molar-refractivity contribution in [3.63, 3.8) is 0 Å². The van der Waals surface area contributed by atoms with Crippen molar-refractivity contribution < 1.29 is 102 Å². The smallest absolute Gasteiger partial charge is 0.172 e. The minimum absolute atomic E-state index is 0. The number of hydrogen-bond donors (Lipinski definition) is 0. The van der Waals surface area contributed by atoms with Crippen molar-refractivity contribution >= 4 is 8.78 Å². The molecule has 0 spiro atoms. The van der Waals surface area contributed by atoms with Crippen LogP contribution in [0.15, 0.2) is 120 Å². The molecule has 2 unspecified atom stereocenters. The SMILES string of the molecule is C[C-]1C2=C3Cc4ccccc4C3=C3C=CCCC3C2(C)C(C)(C)C(C)(C)C1(C)C.FC(F)(F)c1cc([C](=[Zr+2])c2cc(C(F)(F)F)cc(C(F)(F)F)c2)cc(C(F)(F)F)c1.[Cl-].[Cl-].c1cc[cH-]c1. The predicted octanol–water partition coefficient (Wildman–Crippen LogP) is 10.3. The molecule has 2 atom stereocenters. The molecule has 0 radical (unpaired) electrons. The molecule has 0 amide bonds. The zero-order valence-corrected chi connectivity index (χ0v) is 41.3. The van der Waals surface area contributed by atoms with Crippen molar-refractivity contribution in [3.8, 4) is 0 Å². The molecular formula is C51H48Cl2F12Zr-2. The summed E-state index contributed by atoms with van der Waals surface area (Å²) in [5.74, 6) is 2.24. The minimum atomic E-state index is -5.22. The van der Waals surface area contributed by atoms with Gasteiger partial charge in [0.2, 0.25) is 0 Å². The normalized spacial score (nSPS) is 21.4. The molecule has 4 aliphatic carbocycles. The van der Waals surface area contributed by atoms with Crippen molar-refractivity contribution in [1.82, 2.24) is 0 Å². The maximum Gasteiger partial charge on any atom is -0.172 e. The van der Waals surface area contributed by atoms with E-state index in [1.54, 1.807) is 28.2 Å². The van der Waals surface area contributed by atoms with Gasteiger partial charge in [0, 0.05) is 0 Å². The first-order valence-corrected chi connectivity index (χ1v) is 21.9. The summed E-state index contributed by atoms with van der Waals surface area (Å²) >= 11 is -0.00108. The molecule has 4 aromatic carbocycles. The van der Waals surface area contributed by atoms with E-state index >= 15 is 0 Å². The van der Waals surface area contributed by atoms with Crippen LogP contribution in [-0.2, 0) is 55.4 Å². The van der Waals surface area contributed by atoms with E-state index in [-0.39, 0.29) is 107 Å². The summed E-state index contributed by atoms with van der Waals surface area (Å²) in [5, 5.41) is 0. The monoisotopic (exact) mass is 1050 g/mol. The molecule has 1 fully saturated rings. The van der Waals surface area contributed by atoms with Gasteiger partial charge in [0.1, 0.15) is 0 Å². The number of benzene rings is 3. The van der Waals surface area contributed by atoms with E-state index in [1.165, 1.54) is 24.0 Å². The van der Waals surface area contributed by atoms with E-state index < -0.39 is 61.3 Å². The standard InChI is InChI=1S/C29H37.C17H6F12.C5H5.2ClH.Zr/c1-18-25-22-17-19-13-9-10-14-20(19)24(22)21-15-11-12-16-23(21)29(25,8)28(6,7)27(4,5)26(18,2)3;18-14(19,20)10-2-8(3-11(6-10)15(21,22)23)1-9-4-12(16(24,25)26)7-13(5-9)17(27,28)29;1-2-4-5-3-1;;;/h9-11,13-15,23H,12,16-17H2,1-8H3;2-7H;1-5H;2*1H;/q-1;;-1;;;+2/p-2. The molecule has 1 saturated carbocycles. The minimum Gasteiger partial charge on any atom is -1.00 e. The Kier molecular flexibility index (Phi) is 15.7. The van der Waals surface area contributed by atoms with E-state index in [0.29, 0.717) is 5.92 Å². The number of hydrogen-bond acceptors (Lipinski definition) is 0. The zero-order valence-electron chi connectivity index (χ0n) is 37.3. The van der Waals surface area contributed by atoms with Gasteiger partial charge in [-0.15, -0.1) is 6.92 Å². The van der Waals surface area contributed by atoms with Crippen LogP contribution in [0.2, 0.25) is 0 Å². The summed E-state index contributed by atoms with van der Waals surface area (Å²) in [6.07, 6.45) is -12.4. The molecule has 15 heteroatoms. The maximum atomic E-state index is 13.0. The van der Waals surface area contributed by atoms with Crippen LogP contribution in [0, 0.1) is 33.5 Å². The van der Waals surface area contributed by atoms with Gasteiger partial charge in [-0.2, -0.15) is 29.3 Å². The van der Waals surface area contributed by atoms with E-state index in [1.807, 2.05) is 30.3 Å². The fraction of sp³-hybridized carbons (Fsp3) is 0.392. The van der Waals surface area contributed by atoms with Gasteiger partial charge in [-0.25, -0.2) is 18.1 Å². The van der Waals surface area contributed by atoms with Crippen LogP contribution in [0.5, 0.6) is 0 Å². The molecule has 0 N–H and O–H groups in total. The van der Waals surface area contributed by atoms with Crippen LogP contribution >= 0.6 is 0 Å². The van der Waals surface area contributed by atoms with E-state index in [4.69, 9.17) is 0 Å². The summed E-state index contributed by atoms with van der Waals surface area (Å²) in [7, 11) is 0. The van der Waals surface area contributed by atoms with Gasteiger partial charge in [0.25, 0.3) is 0 Å². The van der Waals surface area contributed by atoms with E-state index in [0.717, 1.165) is 6.42 Å². The first kappa shape index (κ1) is 55.2. The maximum absolute atomic E-state index is 13.0. The Morgan fingerprint density at radius 2 is 1.08 bits per heavy atom. The van der Waals surface area contributed by atoms with Gasteiger partial charge in [-0.1, -0.05) is 113 Å². The number of rotatable bonds is 2. The van der Waals surface area contributed by atoms with Crippen molar-refractivity contribution in [1.29, 1.82) is 0 Å². The number of halogens is 14. The molecule has 0 aromatic heterocycles. The third kappa shape index (κ3) is 9.75. The van der Waals surface area contributed by atoms with Crippen LogP contribution in [0.4, 0.5) is 52.7 Å². The van der Waals surface area contributed by atoms with Gasteiger partial charge < -0.3 is 24.8 Å². The summed E-state index contributed by atoms with van der Waals surface area (Å²) in [6.45, 7) is 20.3. The Morgan fingerprint density at radius 3 is 1.48 bits per heavy atom. The van der Waals surface area contributed by atoms with Crippen molar-refractivity contribution in [3.05, 3.63) is 170 Å². The molecule has 4 aromatic rings. The quantitative estimate of drug-likeness (QED) is 0.139. The summed E-state index contributed by atoms with van der Waals surface area (Å²) in [6, 6.07) is 19.7. The van der Waals surface area contributed by atoms with Crippen molar-refractivity contribution in [2.45, 2.75) is 99.4 Å². The zero-order chi connectivity index (χ0) is 47.8. The molecule has 0 nitrogen and oxygen atoms in total. The van der Waals surface area contributed by atoms with Crippen LogP contribution in [-0.4, -0.2) is 3.21 Å². The topological polar surface area (TPSA) is 0 Å². The second-order valence-electron chi connectivity index (χ2n) is 18.7. The molecule has 0 heterocycles. The van der Waals surface area contributed by atoms with Gasteiger partial charge in [0.15, 0.2) is 0 Å². The van der Waals surface area contributed by atoms with E-state index in [9.17, 15) is 52.7 Å². The van der Waals surface area contributed by atoms with Crippen LogP contribution in [0.1, 0.15) is 113 Å². The number of fused-ring (bicyclic) bond motifs is 6. The Balaban J connectivity index is 0.000000253. The Bertz CT molecular complexity index is 2350. The second-order valence-corrected chi connectivity index (χ2v) is 19.9. The number of alkyl halides is 12. The molecular weight excluding hydrogens is 1000 g/mol. The van der Waals surface area contributed by atoms with Crippen LogP contribution in [0.25, 0.3) is 5.57 Å². The van der Waals surface area contributed by atoms with Gasteiger partial charge in [-0.05, 0) is 40.6 Å². The molecule has 0 saturated heterocycles. The summed E-state index contributed by atoms with van der Waals surface area (Å²) < 4.78 is 155. The summed E-state index contributed by atoms with van der Waals surface area (Å²) in [4.78, 5) is 0. The Hall–Kier alpha value is -3.41. The van der Waals surface area contributed by atoms with Crippen LogP contribution in [0.3, 0.4) is 0 Å². The average Bonchev–Trinajstić information content (AvgIpc) is 3.91. The molecule has 356 valence electrons. The van der Waals surface area contributed by atoms with Gasteiger partial charge in [-0.3, -0.25) is 0 Å². The average molecular weight is 1050 g/mol. The molecule has 0 aliphatic heterocycles. The largest absolute Gasteiger partial charge is 1.00 e. The third-order valence-corrected chi connectivity index (χ3v) is 16.5. The Labute approximate surface area is 405 Å². The van der Waals surface area contributed by atoms with Gasteiger partial charge >= 0.3 is 175 Å². The van der Waals surface area contributed by atoms with Crippen molar-refractivity contribution in [2.24, 2.45) is 27.6 Å². The molecule has 4 aliphatic rings. The Morgan fingerprint density at radius 1 is 0.636 bits per heavy atom. The molecule has 8 rings (SSSR count). The fourth-order valence-corrected chi connectivity index (χ4v) is 11.0. The molecule has 0 bridgehead atoms. The van der Waals surface area contributed by atoms with Crippen molar-refractivity contribution in [2.75, 3.05) is 0 Å². The number of allylic oxidation sites excluding steroid dienone is 6. The second kappa shape index (κ2) is 18.8. The molecule has 66 heavy (non-hydrogen) atoms. The first-order chi connectivity index (χ1) is 29.3. The van der Waals surface area contributed by atoms with Crippen LogP contribution < -0.4 is 24.8 Å². The first-order valence-electron chi connectivity index (χ1n) is 20.7.